The van der Waals surface area contributed by atoms with Gasteiger partial charge in [0.2, 0.25) is 0 Å². The van der Waals surface area contributed by atoms with Crippen molar-refractivity contribution in [3.05, 3.63) is 76.5 Å². The summed E-state index contributed by atoms with van der Waals surface area (Å²) in [6, 6.07) is 10.3. The van der Waals surface area contributed by atoms with Gasteiger partial charge in [-0.05, 0) is 41.7 Å². The molecule has 32 heavy (non-hydrogen) atoms. The highest BCUT2D eigenvalue weighted by molar-refractivity contribution is 6.31. The molecule has 1 fully saturated rings. The summed E-state index contributed by atoms with van der Waals surface area (Å²) in [6.07, 6.45) is 1.07. The maximum absolute atomic E-state index is 13.0. The number of H-pyrrole nitrogens is 1. The highest BCUT2D eigenvalue weighted by atomic mass is 35.5. The monoisotopic (exact) mass is 458 g/mol. The molecule has 3 aromatic heterocycles. The van der Waals surface area contributed by atoms with E-state index < -0.39 is 18.5 Å². The van der Waals surface area contributed by atoms with E-state index in [1.807, 2.05) is 24.3 Å². The van der Waals surface area contributed by atoms with Crippen LogP contribution in [0.15, 0.2) is 48.8 Å². The van der Waals surface area contributed by atoms with Crippen LogP contribution in [0.25, 0.3) is 22.3 Å². The van der Waals surface area contributed by atoms with Crippen LogP contribution in [0, 0.1) is 0 Å². The molecule has 9 heteroatoms. The molecule has 0 spiro atoms. The predicted octanol–water partition coefficient (Wildman–Crippen LogP) is 5.65. The van der Waals surface area contributed by atoms with E-state index in [-0.39, 0.29) is 11.0 Å². The molecule has 4 aromatic rings. The number of aromatic nitrogens is 4. The molecule has 5 rings (SSSR count). The van der Waals surface area contributed by atoms with Gasteiger partial charge in [-0.25, -0.2) is 9.97 Å². The topological polar surface area (TPSA) is 74.7 Å². The van der Waals surface area contributed by atoms with E-state index in [1.165, 1.54) is 0 Å². The minimum Gasteiger partial charge on any atom is -0.392 e. The summed E-state index contributed by atoms with van der Waals surface area (Å²) >= 11 is 6.05. The summed E-state index contributed by atoms with van der Waals surface area (Å²) in [5.41, 5.74) is 2.48. The zero-order valence-electron chi connectivity index (χ0n) is 16.7. The smallest absolute Gasteiger partial charge is 0.392 e. The van der Waals surface area contributed by atoms with E-state index in [1.54, 1.807) is 12.3 Å². The van der Waals surface area contributed by atoms with E-state index in [0.29, 0.717) is 21.8 Å². The van der Waals surface area contributed by atoms with Crippen LogP contribution in [0.3, 0.4) is 0 Å². The van der Waals surface area contributed by atoms with Crippen molar-refractivity contribution < 1.29 is 18.3 Å². The Morgan fingerprint density at radius 3 is 2.44 bits per heavy atom. The van der Waals surface area contributed by atoms with Gasteiger partial charge in [-0.15, -0.1) is 0 Å². The molecular weight excluding hydrogens is 441 g/mol. The predicted molar refractivity (Wildman–Crippen MR) is 114 cm³/mol. The maximum Gasteiger partial charge on any atom is 0.433 e. The van der Waals surface area contributed by atoms with Gasteiger partial charge >= 0.3 is 6.18 Å². The van der Waals surface area contributed by atoms with Gasteiger partial charge in [0.05, 0.1) is 22.6 Å². The van der Waals surface area contributed by atoms with Crippen LogP contribution in [-0.2, 0) is 18.2 Å². The molecule has 0 atom stereocenters. The summed E-state index contributed by atoms with van der Waals surface area (Å²) in [6.45, 7) is -0.513. The molecule has 3 heterocycles. The first-order valence-corrected chi connectivity index (χ1v) is 10.5. The number of nitrogens with one attached hydrogen (secondary N) is 1. The Hall–Kier alpha value is -2.97. The Morgan fingerprint density at radius 1 is 1.06 bits per heavy atom. The van der Waals surface area contributed by atoms with Crippen LogP contribution in [0.4, 0.5) is 13.2 Å². The zero-order valence-corrected chi connectivity index (χ0v) is 17.5. The average Bonchev–Trinajstić information content (AvgIpc) is 3.15. The number of nitrogens with zero attached hydrogens (tertiary/aromatic N) is 3. The Kier molecular flexibility index (Phi) is 4.94. The first kappa shape index (κ1) is 20.9. The molecule has 1 saturated carbocycles. The van der Waals surface area contributed by atoms with Gasteiger partial charge in [0.15, 0.2) is 5.65 Å². The SMILES string of the molecule is OCc1cc(C(F)(F)F)ncc1-c1ccc(C2(c3nc4ncc(Cl)cc4[nH]3)CCC2)cc1. The normalized spacial score (nSPS) is 15.7. The molecule has 164 valence electrons. The van der Waals surface area contributed by atoms with Crippen molar-refractivity contribution in [2.45, 2.75) is 37.5 Å². The molecule has 0 saturated heterocycles. The highest BCUT2D eigenvalue weighted by Gasteiger charge is 2.43. The minimum absolute atomic E-state index is 0.179. The summed E-state index contributed by atoms with van der Waals surface area (Å²) in [5, 5.41) is 10.1. The van der Waals surface area contributed by atoms with Crippen LogP contribution < -0.4 is 0 Å². The standard InChI is InChI=1S/C23H18ClF3N4O/c24-16-9-18-20(29-10-16)31-21(30-18)22(6-1-7-22)15-4-2-13(3-5-15)17-11-28-19(23(25,26)27)8-14(17)12-32/h2-5,8-11,32H,1,6-7,12H2,(H,29,30,31). The second-order valence-corrected chi connectivity index (χ2v) is 8.44. The summed E-state index contributed by atoms with van der Waals surface area (Å²) < 4.78 is 38.9. The summed E-state index contributed by atoms with van der Waals surface area (Å²) in [5.74, 6) is 0.827. The molecule has 1 aromatic carbocycles. The van der Waals surface area contributed by atoms with Crippen LogP contribution in [0.1, 0.15) is 41.9 Å². The average molecular weight is 459 g/mol. The van der Waals surface area contributed by atoms with Crippen LogP contribution >= 0.6 is 11.6 Å². The number of hydrogen-bond acceptors (Lipinski definition) is 4. The van der Waals surface area contributed by atoms with Gasteiger partial charge in [-0.3, -0.25) is 4.98 Å². The Labute approximate surface area is 186 Å². The number of imidazole rings is 1. The third-order valence-corrected chi connectivity index (χ3v) is 6.37. The number of benzene rings is 1. The number of aromatic amines is 1. The van der Waals surface area contributed by atoms with Crippen molar-refractivity contribution in [2.24, 2.45) is 0 Å². The second-order valence-electron chi connectivity index (χ2n) is 8.01. The molecule has 1 aliphatic rings. The van der Waals surface area contributed by atoms with Crippen molar-refractivity contribution in [1.29, 1.82) is 0 Å². The summed E-state index contributed by atoms with van der Waals surface area (Å²) in [7, 11) is 0. The van der Waals surface area contributed by atoms with Crippen molar-refractivity contribution in [3.63, 3.8) is 0 Å². The number of fused-ring (bicyclic) bond motifs is 1. The number of aliphatic hydroxyl groups excluding tert-OH is 1. The fourth-order valence-electron chi connectivity index (χ4n) is 4.31. The van der Waals surface area contributed by atoms with Gasteiger partial charge in [0.1, 0.15) is 11.5 Å². The lowest BCUT2D eigenvalue weighted by molar-refractivity contribution is -0.141. The summed E-state index contributed by atoms with van der Waals surface area (Å²) in [4.78, 5) is 15.9. The first-order valence-electron chi connectivity index (χ1n) is 10.1. The van der Waals surface area contributed by atoms with E-state index >= 15 is 0 Å². The molecule has 0 amide bonds. The van der Waals surface area contributed by atoms with Gasteiger partial charge in [0, 0.05) is 18.0 Å². The van der Waals surface area contributed by atoms with E-state index in [0.717, 1.165) is 48.4 Å². The fourth-order valence-corrected chi connectivity index (χ4v) is 4.46. The lowest BCUT2D eigenvalue weighted by atomic mass is 9.64. The van der Waals surface area contributed by atoms with Crippen molar-refractivity contribution in [1.82, 2.24) is 19.9 Å². The molecule has 0 unspecified atom stereocenters. The van der Waals surface area contributed by atoms with Crippen molar-refractivity contribution in [3.8, 4) is 11.1 Å². The number of pyridine rings is 2. The first-order chi connectivity index (χ1) is 15.3. The fraction of sp³-hybridized carbons (Fsp3) is 0.261. The van der Waals surface area contributed by atoms with Crippen LogP contribution in [-0.4, -0.2) is 25.0 Å². The largest absolute Gasteiger partial charge is 0.433 e. The van der Waals surface area contributed by atoms with Gasteiger partial charge < -0.3 is 10.1 Å². The van der Waals surface area contributed by atoms with Gasteiger partial charge in [-0.2, -0.15) is 13.2 Å². The zero-order chi connectivity index (χ0) is 22.5. The number of hydrogen-bond donors (Lipinski definition) is 2. The van der Waals surface area contributed by atoms with Crippen LogP contribution in [0.5, 0.6) is 0 Å². The Morgan fingerprint density at radius 2 is 1.81 bits per heavy atom. The number of rotatable bonds is 4. The lowest BCUT2D eigenvalue weighted by Crippen LogP contribution is -2.36. The molecule has 1 aliphatic carbocycles. The lowest BCUT2D eigenvalue weighted by Gasteiger charge is -2.40. The maximum atomic E-state index is 13.0. The van der Waals surface area contributed by atoms with Crippen molar-refractivity contribution >= 4 is 22.8 Å². The van der Waals surface area contributed by atoms with Gasteiger partial charge in [0.25, 0.3) is 0 Å². The Balaban J connectivity index is 1.51. The molecule has 2 N–H and O–H groups in total. The van der Waals surface area contributed by atoms with Gasteiger partial charge in [-0.1, -0.05) is 42.3 Å². The Bertz CT molecular complexity index is 1300. The van der Waals surface area contributed by atoms with E-state index in [2.05, 4.69) is 15.0 Å². The number of alkyl halides is 3. The van der Waals surface area contributed by atoms with E-state index in [4.69, 9.17) is 16.6 Å². The van der Waals surface area contributed by atoms with Crippen molar-refractivity contribution in [2.75, 3.05) is 0 Å². The quantitative estimate of drug-likeness (QED) is 0.414. The molecule has 0 radical (unpaired) electrons. The highest BCUT2D eigenvalue weighted by Crippen LogP contribution is 2.48. The number of aliphatic hydroxyl groups is 1. The van der Waals surface area contributed by atoms with E-state index in [9.17, 15) is 18.3 Å². The number of halogens is 4. The third-order valence-electron chi connectivity index (χ3n) is 6.16. The third kappa shape index (κ3) is 3.43. The minimum atomic E-state index is -4.56. The molecule has 0 bridgehead atoms. The molecule has 5 nitrogen and oxygen atoms in total. The molecular formula is C23H18ClF3N4O. The molecule has 0 aliphatic heterocycles. The van der Waals surface area contributed by atoms with Crippen LogP contribution in [0.2, 0.25) is 5.02 Å². The second kappa shape index (κ2) is 7.56.